The Balaban J connectivity index is 0.00000469. The number of para-hydroxylation sites is 3. The molecule has 0 unspecified atom stereocenters. The topological polar surface area (TPSA) is 46.4 Å². The zero-order valence-corrected chi connectivity index (χ0v) is 36.2. The molecule has 1 aliphatic heterocycles. The minimum Gasteiger partial charge on any atom is -0.509 e. The van der Waals surface area contributed by atoms with E-state index in [0.717, 1.165) is 55.9 Å². The standard InChI is InChI=1S/C51H46N5O.Pt/c1-33(2)42-27-35(44-18-12-13-25-52-44)28-43(34(3)4)50(42)55-32-54(46-20-10-11-21-47(46)55)37-15-14-16-38(30-37)57-39-22-23-41-40-17-8-9-19-45(40)56(48(41)31-39)49-29-36(24-26-53-49)51(5,6)7;/h8-29,32-34H,1-7H3;/q-3;. The number of hydrogen-bond acceptors (Lipinski definition) is 5. The summed E-state index contributed by atoms with van der Waals surface area (Å²) >= 11 is 0. The molecule has 0 spiro atoms. The minimum atomic E-state index is -0.0161. The third kappa shape index (κ3) is 7.09. The van der Waals surface area contributed by atoms with Crippen LogP contribution < -0.4 is 14.5 Å². The summed E-state index contributed by atoms with van der Waals surface area (Å²) in [5.74, 6) is 2.63. The normalized spacial score (nSPS) is 12.8. The van der Waals surface area contributed by atoms with E-state index < -0.39 is 0 Å². The van der Waals surface area contributed by atoms with Gasteiger partial charge in [0.1, 0.15) is 5.82 Å². The van der Waals surface area contributed by atoms with E-state index in [1.165, 1.54) is 22.4 Å². The summed E-state index contributed by atoms with van der Waals surface area (Å²) in [5.41, 5.74) is 12.1. The summed E-state index contributed by atoms with van der Waals surface area (Å²) in [6.45, 7) is 18.0. The maximum Gasteiger partial charge on any atom is 0.135 e. The van der Waals surface area contributed by atoms with Crippen LogP contribution in [-0.2, 0) is 26.5 Å². The van der Waals surface area contributed by atoms with E-state index in [0.29, 0.717) is 11.5 Å². The van der Waals surface area contributed by atoms with E-state index in [2.05, 4.69) is 179 Å². The minimum absolute atomic E-state index is 0. The fourth-order valence-corrected chi connectivity index (χ4v) is 7.94. The van der Waals surface area contributed by atoms with E-state index in [9.17, 15) is 0 Å². The molecule has 3 aromatic heterocycles. The van der Waals surface area contributed by atoms with Crippen molar-refractivity contribution in [2.75, 3.05) is 9.80 Å². The Morgan fingerprint density at radius 1 is 0.638 bits per heavy atom. The molecular formula is C51H46N5OPt-3. The molecule has 0 N–H and O–H groups in total. The summed E-state index contributed by atoms with van der Waals surface area (Å²) in [4.78, 5) is 14.1. The van der Waals surface area contributed by atoms with Gasteiger partial charge in [-0.2, -0.15) is 12.1 Å². The number of benzene rings is 5. The summed E-state index contributed by atoms with van der Waals surface area (Å²) in [6, 6.07) is 49.4. The van der Waals surface area contributed by atoms with Crippen molar-refractivity contribution in [2.24, 2.45) is 0 Å². The molecule has 6 nitrogen and oxygen atoms in total. The van der Waals surface area contributed by atoms with E-state index in [-0.39, 0.29) is 38.3 Å². The van der Waals surface area contributed by atoms with Gasteiger partial charge in [-0.1, -0.05) is 90.4 Å². The Bertz CT molecular complexity index is 2740. The molecule has 7 heteroatoms. The van der Waals surface area contributed by atoms with Crippen molar-refractivity contribution in [1.82, 2.24) is 14.5 Å². The summed E-state index contributed by atoms with van der Waals surface area (Å²) in [6.07, 6.45) is 3.77. The maximum atomic E-state index is 6.60. The molecule has 0 amide bonds. The van der Waals surface area contributed by atoms with Crippen molar-refractivity contribution < 1.29 is 25.8 Å². The fourth-order valence-electron chi connectivity index (χ4n) is 7.94. The average Bonchev–Trinajstić information content (AvgIpc) is 3.76. The molecule has 0 bridgehead atoms. The van der Waals surface area contributed by atoms with Gasteiger partial charge >= 0.3 is 0 Å². The number of aromatic nitrogens is 3. The van der Waals surface area contributed by atoms with Gasteiger partial charge in [0.15, 0.2) is 0 Å². The zero-order chi connectivity index (χ0) is 39.4. The van der Waals surface area contributed by atoms with Gasteiger partial charge in [0.05, 0.1) is 5.69 Å². The van der Waals surface area contributed by atoms with Gasteiger partial charge in [-0.3, -0.25) is 4.98 Å². The molecule has 0 saturated heterocycles. The molecule has 0 atom stereocenters. The molecule has 0 fully saturated rings. The van der Waals surface area contributed by atoms with Crippen molar-refractivity contribution in [3.05, 3.63) is 169 Å². The van der Waals surface area contributed by atoms with E-state index in [1.807, 2.05) is 36.7 Å². The van der Waals surface area contributed by atoms with Gasteiger partial charge in [0.2, 0.25) is 0 Å². The van der Waals surface area contributed by atoms with Crippen molar-refractivity contribution in [3.63, 3.8) is 0 Å². The Hall–Kier alpha value is -5.71. The Kier molecular flexibility index (Phi) is 10.5. The molecule has 0 saturated carbocycles. The van der Waals surface area contributed by atoms with Crippen LogP contribution in [0.15, 0.2) is 134 Å². The first-order valence-corrected chi connectivity index (χ1v) is 19.8. The third-order valence-corrected chi connectivity index (χ3v) is 10.9. The number of ether oxygens (including phenoxy) is 1. The summed E-state index contributed by atoms with van der Waals surface area (Å²) in [7, 11) is 0. The van der Waals surface area contributed by atoms with E-state index in [1.54, 1.807) is 0 Å². The van der Waals surface area contributed by atoms with Crippen LogP contribution in [0.2, 0.25) is 0 Å². The molecule has 5 aromatic carbocycles. The van der Waals surface area contributed by atoms with Gasteiger partial charge in [-0.15, -0.1) is 48.1 Å². The Morgan fingerprint density at radius 2 is 1.33 bits per heavy atom. The molecule has 0 radical (unpaired) electrons. The first kappa shape index (κ1) is 39.1. The zero-order valence-electron chi connectivity index (χ0n) is 33.9. The van der Waals surface area contributed by atoms with E-state index >= 15 is 0 Å². The SMILES string of the molecule is CC(C)c1cc(-c2ccccn2)cc(C(C)C)c1N1[CH-]N(c2[c-]c(Oc3[c-]c4c(cc3)c3ccccc3n4-c3cc(C(C)(C)C)ccn3)ccc2)c2ccccc21.[Pt]. The Morgan fingerprint density at radius 3 is 2.03 bits per heavy atom. The largest absolute Gasteiger partial charge is 0.509 e. The molecule has 1 aliphatic rings. The summed E-state index contributed by atoms with van der Waals surface area (Å²) in [5, 5.41) is 2.24. The third-order valence-electron chi connectivity index (χ3n) is 10.9. The van der Waals surface area contributed by atoms with Gasteiger partial charge < -0.3 is 19.1 Å². The van der Waals surface area contributed by atoms with Gasteiger partial charge in [-0.05, 0) is 93.9 Å². The van der Waals surface area contributed by atoms with Crippen molar-refractivity contribution in [1.29, 1.82) is 0 Å². The fraction of sp³-hybridized carbons (Fsp3) is 0.196. The molecule has 294 valence electrons. The molecule has 0 aliphatic carbocycles. The van der Waals surface area contributed by atoms with Crippen molar-refractivity contribution in [3.8, 4) is 28.6 Å². The predicted octanol–water partition coefficient (Wildman–Crippen LogP) is 13.6. The maximum absolute atomic E-state index is 6.60. The summed E-state index contributed by atoms with van der Waals surface area (Å²) < 4.78 is 8.79. The van der Waals surface area contributed by atoms with E-state index in [4.69, 9.17) is 14.7 Å². The average molecular weight is 940 g/mol. The molecule has 8 aromatic rings. The molecular weight excluding hydrogens is 894 g/mol. The van der Waals surface area contributed by atoms with Crippen molar-refractivity contribution in [2.45, 2.75) is 65.7 Å². The van der Waals surface area contributed by atoms with Crippen LogP contribution in [0.3, 0.4) is 0 Å². The molecule has 9 rings (SSSR count). The first-order valence-electron chi connectivity index (χ1n) is 19.8. The second kappa shape index (κ2) is 15.6. The smallest absolute Gasteiger partial charge is 0.135 e. The monoisotopic (exact) mass is 939 g/mol. The van der Waals surface area contributed by atoms with Crippen LogP contribution in [0.4, 0.5) is 22.7 Å². The first-order chi connectivity index (χ1) is 27.5. The Labute approximate surface area is 356 Å². The van der Waals surface area contributed by atoms with Gasteiger partial charge in [0.25, 0.3) is 0 Å². The van der Waals surface area contributed by atoms with Crippen molar-refractivity contribution >= 4 is 44.6 Å². The van der Waals surface area contributed by atoms with Gasteiger partial charge in [0, 0.05) is 73.1 Å². The van der Waals surface area contributed by atoms with Gasteiger partial charge in [-0.25, -0.2) is 4.98 Å². The van der Waals surface area contributed by atoms with Crippen LogP contribution in [-0.4, -0.2) is 14.5 Å². The number of fused-ring (bicyclic) bond motifs is 4. The van der Waals surface area contributed by atoms with Crippen LogP contribution in [0, 0.1) is 18.8 Å². The second-order valence-electron chi connectivity index (χ2n) is 16.5. The number of nitrogens with zero attached hydrogens (tertiary/aromatic N) is 5. The van der Waals surface area contributed by atoms with Crippen LogP contribution >= 0.6 is 0 Å². The number of pyridine rings is 2. The van der Waals surface area contributed by atoms with Crippen LogP contribution in [0.1, 0.15) is 77.0 Å². The molecule has 4 heterocycles. The quantitative estimate of drug-likeness (QED) is 0.142. The number of hydrogen-bond donors (Lipinski definition) is 0. The predicted molar refractivity (Wildman–Crippen MR) is 234 cm³/mol. The van der Waals surface area contributed by atoms with Crippen LogP contribution in [0.25, 0.3) is 38.9 Å². The van der Waals surface area contributed by atoms with Crippen LogP contribution in [0.5, 0.6) is 11.5 Å². The second-order valence-corrected chi connectivity index (χ2v) is 16.5. The number of anilines is 4. The number of rotatable bonds is 8. The molecule has 58 heavy (non-hydrogen) atoms.